The standard InChI is InChI=1S/C14H18F3N/c1-9(2)18-8-11-7-13(11)10-3-5-12(6-4-10)14(15,16)17/h3-6,9,11,13,18H,7-8H2,1-2H3. The van der Waals surface area contributed by atoms with Gasteiger partial charge in [-0.15, -0.1) is 0 Å². The van der Waals surface area contributed by atoms with Crippen LogP contribution in [0.1, 0.15) is 37.3 Å². The molecule has 2 rings (SSSR count). The van der Waals surface area contributed by atoms with Gasteiger partial charge in [-0.3, -0.25) is 0 Å². The molecule has 1 fully saturated rings. The molecule has 0 radical (unpaired) electrons. The van der Waals surface area contributed by atoms with Gasteiger partial charge in [0.15, 0.2) is 0 Å². The molecule has 0 bridgehead atoms. The molecule has 1 aliphatic carbocycles. The zero-order valence-electron chi connectivity index (χ0n) is 10.6. The molecule has 1 aromatic rings. The molecule has 1 aliphatic rings. The quantitative estimate of drug-likeness (QED) is 0.865. The predicted molar refractivity (Wildman–Crippen MR) is 65.4 cm³/mol. The Bertz CT molecular complexity index is 394. The molecule has 18 heavy (non-hydrogen) atoms. The lowest BCUT2D eigenvalue weighted by molar-refractivity contribution is -0.137. The normalized spacial score (nSPS) is 23.4. The van der Waals surface area contributed by atoms with E-state index in [1.54, 1.807) is 12.1 Å². The van der Waals surface area contributed by atoms with Gasteiger partial charge >= 0.3 is 6.18 Å². The van der Waals surface area contributed by atoms with Crippen LogP contribution in [0.2, 0.25) is 0 Å². The van der Waals surface area contributed by atoms with Crippen molar-refractivity contribution >= 4 is 0 Å². The molecule has 2 unspecified atom stereocenters. The third-order valence-electron chi connectivity index (χ3n) is 3.38. The average molecular weight is 257 g/mol. The summed E-state index contributed by atoms with van der Waals surface area (Å²) < 4.78 is 37.2. The summed E-state index contributed by atoms with van der Waals surface area (Å²) in [5.41, 5.74) is 0.460. The lowest BCUT2D eigenvalue weighted by Crippen LogP contribution is -2.25. The maximum atomic E-state index is 12.4. The molecule has 2 atom stereocenters. The zero-order valence-corrected chi connectivity index (χ0v) is 10.6. The van der Waals surface area contributed by atoms with Gasteiger partial charge in [0.05, 0.1) is 5.56 Å². The molecular formula is C14H18F3N. The number of nitrogens with one attached hydrogen (secondary N) is 1. The van der Waals surface area contributed by atoms with E-state index in [0.717, 1.165) is 18.5 Å². The molecule has 0 spiro atoms. The molecule has 0 heterocycles. The Labute approximate surface area is 105 Å². The second kappa shape index (κ2) is 4.92. The second-order valence-corrected chi connectivity index (χ2v) is 5.28. The molecule has 0 saturated heterocycles. The Morgan fingerprint density at radius 2 is 1.83 bits per heavy atom. The summed E-state index contributed by atoms with van der Waals surface area (Å²) in [7, 11) is 0. The number of benzene rings is 1. The maximum Gasteiger partial charge on any atom is 0.416 e. The monoisotopic (exact) mass is 257 g/mol. The minimum atomic E-state index is -4.24. The topological polar surface area (TPSA) is 12.0 Å². The van der Waals surface area contributed by atoms with Crippen LogP contribution in [-0.2, 0) is 6.18 Å². The molecule has 1 saturated carbocycles. The van der Waals surface area contributed by atoms with Crippen molar-refractivity contribution in [3.05, 3.63) is 35.4 Å². The highest BCUT2D eigenvalue weighted by Gasteiger charge is 2.38. The Morgan fingerprint density at radius 1 is 1.22 bits per heavy atom. The third-order valence-corrected chi connectivity index (χ3v) is 3.38. The predicted octanol–water partition coefficient (Wildman–Crippen LogP) is 3.81. The van der Waals surface area contributed by atoms with Gasteiger partial charge in [0.1, 0.15) is 0 Å². The highest BCUT2D eigenvalue weighted by Crippen LogP contribution is 2.47. The number of hydrogen-bond donors (Lipinski definition) is 1. The summed E-state index contributed by atoms with van der Waals surface area (Å²) >= 11 is 0. The molecule has 0 aliphatic heterocycles. The van der Waals surface area contributed by atoms with Crippen molar-refractivity contribution < 1.29 is 13.2 Å². The first-order valence-electron chi connectivity index (χ1n) is 6.28. The Hall–Kier alpha value is -1.03. The van der Waals surface area contributed by atoms with Crippen LogP contribution in [-0.4, -0.2) is 12.6 Å². The van der Waals surface area contributed by atoms with E-state index >= 15 is 0 Å². The number of alkyl halides is 3. The van der Waals surface area contributed by atoms with Crippen LogP contribution in [0.3, 0.4) is 0 Å². The Kier molecular flexibility index (Phi) is 3.66. The summed E-state index contributed by atoms with van der Waals surface area (Å²) in [5.74, 6) is 1.00. The van der Waals surface area contributed by atoms with E-state index in [2.05, 4.69) is 19.2 Å². The average Bonchev–Trinajstić information content (AvgIpc) is 3.05. The van der Waals surface area contributed by atoms with Crippen molar-refractivity contribution in [3.63, 3.8) is 0 Å². The fourth-order valence-electron chi connectivity index (χ4n) is 2.19. The first-order chi connectivity index (χ1) is 8.38. The van der Waals surface area contributed by atoms with E-state index in [0.29, 0.717) is 17.9 Å². The fraction of sp³-hybridized carbons (Fsp3) is 0.571. The summed E-state index contributed by atoms with van der Waals surface area (Å²) in [6.07, 6.45) is -3.16. The van der Waals surface area contributed by atoms with Crippen LogP contribution in [0.25, 0.3) is 0 Å². The third kappa shape index (κ3) is 3.25. The van der Waals surface area contributed by atoms with Crippen molar-refractivity contribution in [2.24, 2.45) is 5.92 Å². The first kappa shape index (κ1) is 13.4. The maximum absolute atomic E-state index is 12.4. The smallest absolute Gasteiger partial charge is 0.314 e. The minimum absolute atomic E-state index is 0.429. The lowest BCUT2D eigenvalue weighted by atomic mass is 10.1. The number of halogens is 3. The fourth-order valence-corrected chi connectivity index (χ4v) is 2.19. The van der Waals surface area contributed by atoms with E-state index in [4.69, 9.17) is 0 Å². The van der Waals surface area contributed by atoms with Gasteiger partial charge in [0.25, 0.3) is 0 Å². The molecule has 0 aromatic heterocycles. The van der Waals surface area contributed by atoms with Crippen LogP contribution in [0.5, 0.6) is 0 Å². The van der Waals surface area contributed by atoms with Crippen LogP contribution in [0, 0.1) is 5.92 Å². The molecule has 1 N–H and O–H groups in total. The molecule has 4 heteroatoms. The van der Waals surface area contributed by atoms with Crippen LogP contribution >= 0.6 is 0 Å². The SMILES string of the molecule is CC(C)NCC1CC1c1ccc(C(F)(F)F)cc1. The summed E-state index contributed by atoms with van der Waals surface area (Å²) in [5, 5.41) is 3.36. The van der Waals surface area contributed by atoms with Gasteiger partial charge in [-0.2, -0.15) is 13.2 Å². The largest absolute Gasteiger partial charge is 0.416 e. The van der Waals surface area contributed by atoms with Crippen molar-refractivity contribution in [3.8, 4) is 0 Å². The summed E-state index contributed by atoms with van der Waals surface area (Å²) in [4.78, 5) is 0. The minimum Gasteiger partial charge on any atom is -0.314 e. The van der Waals surface area contributed by atoms with Gasteiger partial charge in [-0.1, -0.05) is 26.0 Å². The highest BCUT2D eigenvalue weighted by atomic mass is 19.4. The Morgan fingerprint density at radius 3 is 2.33 bits per heavy atom. The lowest BCUT2D eigenvalue weighted by Gasteiger charge is -2.09. The number of hydrogen-bond acceptors (Lipinski definition) is 1. The van der Waals surface area contributed by atoms with Crippen molar-refractivity contribution in [1.82, 2.24) is 5.32 Å². The van der Waals surface area contributed by atoms with Gasteiger partial charge in [0, 0.05) is 6.04 Å². The number of rotatable bonds is 4. The van der Waals surface area contributed by atoms with E-state index in [9.17, 15) is 13.2 Å². The Balaban J connectivity index is 1.92. The molecule has 1 aromatic carbocycles. The van der Waals surface area contributed by atoms with E-state index in [1.165, 1.54) is 12.1 Å². The van der Waals surface area contributed by atoms with Crippen molar-refractivity contribution in [2.45, 2.75) is 38.4 Å². The highest BCUT2D eigenvalue weighted by molar-refractivity contribution is 5.30. The van der Waals surface area contributed by atoms with Crippen molar-refractivity contribution in [1.29, 1.82) is 0 Å². The molecular weight excluding hydrogens is 239 g/mol. The zero-order chi connectivity index (χ0) is 13.3. The summed E-state index contributed by atoms with van der Waals surface area (Å²) in [6, 6.07) is 6.05. The summed E-state index contributed by atoms with van der Waals surface area (Å²) in [6.45, 7) is 5.13. The van der Waals surface area contributed by atoms with Crippen LogP contribution in [0.15, 0.2) is 24.3 Å². The van der Waals surface area contributed by atoms with E-state index < -0.39 is 11.7 Å². The van der Waals surface area contributed by atoms with E-state index in [1.807, 2.05) is 0 Å². The van der Waals surface area contributed by atoms with Gasteiger partial charge in [0.2, 0.25) is 0 Å². The second-order valence-electron chi connectivity index (χ2n) is 5.28. The van der Waals surface area contributed by atoms with E-state index in [-0.39, 0.29) is 0 Å². The van der Waals surface area contributed by atoms with Gasteiger partial charge in [-0.25, -0.2) is 0 Å². The van der Waals surface area contributed by atoms with Gasteiger partial charge in [-0.05, 0) is 42.5 Å². The molecule has 0 amide bonds. The van der Waals surface area contributed by atoms with Crippen LogP contribution in [0.4, 0.5) is 13.2 Å². The van der Waals surface area contributed by atoms with Crippen molar-refractivity contribution in [2.75, 3.05) is 6.54 Å². The van der Waals surface area contributed by atoms with Gasteiger partial charge < -0.3 is 5.32 Å². The first-order valence-corrected chi connectivity index (χ1v) is 6.28. The van der Waals surface area contributed by atoms with Crippen LogP contribution < -0.4 is 5.32 Å². The molecule has 100 valence electrons. The molecule has 1 nitrogen and oxygen atoms in total.